The van der Waals surface area contributed by atoms with Gasteiger partial charge in [0.1, 0.15) is 11.6 Å². The zero-order valence-corrected chi connectivity index (χ0v) is 17.5. The molecule has 0 saturated heterocycles. The summed E-state index contributed by atoms with van der Waals surface area (Å²) in [5, 5.41) is 11.8. The van der Waals surface area contributed by atoms with Crippen LogP contribution in [-0.2, 0) is 11.3 Å². The number of amides is 1. The zero-order valence-electron chi connectivity index (χ0n) is 16.6. The van der Waals surface area contributed by atoms with Crippen molar-refractivity contribution in [2.24, 2.45) is 0 Å². The highest BCUT2D eigenvalue weighted by molar-refractivity contribution is 7.99. The Bertz CT molecular complexity index is 1310. The molecule has 4 aromatic rings. The van der Waals surface area contributed by atoms with Gasteiger partial charge >= 0.3 is 0 Å². The van der Waals surface area contributed by atoms with Crippen LogP contribution in [0.3, 0.4) is 0 Å². The van der Waals surface area contributed by atoms with Gasteiger partial charge in [0.25, 0.3) is 5.56 Å². The van der Waals surface area contributed by atoms with E-state index in [1.165, 1.54) is 0 Å². The third-order valence-corrected chi connectivity index (χ3v) is 5.62. The van der Waals surface area contributed by atoms with E-state index in [4.69, 9.17) is 0 Å². The third kappa shape index (κ3) is 4.29. The van der Waals surface area contributed by atoms with Crippen molar-refractivity contribution in [3.8, 4) is 0 Å². The summed E-state index contributed by atoms with van der Waals surface area (Å²) in [4.78, 5) is 25.2. The molecule has 0 radical (unpaired) electrons. The highest BCUT2D eigenvalue weighted by atomic mass is 32.2. The number of carbonyl (C=O) groups is 1. The largest absolute Gasteiger partial charge is 0.325 e. The summed E-state index contributed by atoms with van der Waals surface area (Å²) in [7, 11) is 0. The van der Waals surface area contributed by atoms with Gasteiger partial charge in [-0.2, -0.15) is 0 Å². The van der Waals surface area contributed by atoms with E-state index in [0.29, 0.717) is 28.4 Å². The first-order valence-electron chi connectivity index (χ1n) is 9.73. The molecule has 0 fully saturated rings. The van der Waals surface area contributed by atoms with Gasteiger partial charge in [0.05, 0.1) is 16.7 Å². The molecular weight excluding hydrogens is 424 g/mol. The lowest BCUT2D eigenvalue weighted by Gasteiger charge is -2.11. The van der Waals surface area contributed by atoms with Gasteiger partial charge in [-0.05, 0) is 30.7 Å². The molecule has 10 heteroatoms. The van der Waals surface area contributed by atoms with Crippen LogP contribution in [0.15, 0.2) is 52.4 Å². The number of hydrogen-bond donors (Lipinski definition) is 1. The summed E-state index contributed by atoms with van der Waals surface area (Å²) in [6, 6.07) is 9.97. The van der Waals surface area contributed by atoms with Crippen LogP contribution in [0.4, 0.5) is 14.5 Å². The molecule has 2 aromatic heterocycles. The fourth-order valence-corrected chi connectivity index (χ4v) is 4.04. The number of aryl methyl sites for hydroxylation is 1. The van der Waals surface area contributed by atoms with Crippen LogP contribution < -0.4 is 10.9 Å². The number of carbonyl (C=O) groups excluding carboxylic acids is 1. The van der Waals surface area contributed by atoms with Gasteiger partial charge < -0.3 is 5.32 Å². The first kappa shape index (κ1) is 21.0. The molecule has 0 spiro atoms. The average Bonchev–Trinajstić information content (AvgIpc) is 3.15. The van der Waals surface area contributed by atoms with Crippen LogP contribution in [0.1, 0.15) is 19.8 Å². The van der Waals surface area contributed by atoms with Gasteiger partial charge in [-0.15, -0.1) is 10.2 Å². The molecule has 7 nitrogen and oxygen atoms in total. The van der Waals surface area contributed by atoms with Gasteiger partial charge in [-0.3, -0.25) is 18.6 Å². The second kappa shape index (κ2) is 8.84. The van der Waals surface area contributed by atoms with Crippen molar-refractivity contribution in [2.75, 3.05) is 11.1 Å². The maximum Gasteiger partial charge on any atom is 0.262 e. The third-order valence-electron chi connectivity index (χ3n) is 4.69. The van der Waals surface area contributed by atoms with Gasteiger partial charge in [0, 0.05) is 18.3 Å². The Balaban J connectivity index is 1.64. The minimum Gasteiger partial charge on any atom is -0.325 e. The van der Waals surface area contributed by atoms with Crippen LogP contribution in [0, 0.1) is 11.6 Å². The summed E-state index contributed by atoms with van der Waals surface area (Å²) in [6.07, 6.45) is 1.73. The number of fused-ring (bicyclic) bond motifs is 3. The Morgan fingerprint density at radius 1 is 1.13 bits per heavy atom. The first-order valence-corrected chi connectivity index (χ1v) is 10.7. The van der Waals surface area contributed by atoms with Crippen molar-refractivity contribution in [3.63, 3.8) is 0 Å². The smallest absolute Gasteiger partial charge is 0.262 e. The number of rotatable bonds is 7. The molecule has 2 aromatic carbocycles. The van der Waals surface area contributed by atoms with E-state index < -0.39 is 17.5 Å². The van der Waals surface area contributed by atoms with Gasteiger partial charge in [-0.1, -0.05) is 37.2 Å². The quantitative estimate of drug-likeness (QED) is 0.439. The Morgan fingerprint density at radius 3 is 2.61 bits per heavy atom. The topological polar surface area (TPSA) is 81.3 Å². The molecule has 4 rings (SSSR count). The lowest BCUT2D eigenvalue weighted by atomic mass is 10.2. The molecule has 0 atom stereocenters. The molecule has 160 valence electrons. The van der Waals surface area contributed by atoms with Gasteiger partial charge in [-0.25, -0.2) is 8.78 Å². The van der Waals surface area contributed by atoms with Gasteiger partial charge in [0.2, 0.25) is 11.7 Å². The normalized spacial score (nSPS) is 11.3. The fourth-order valence-electron chi connectivity index (χ4n) is 3.30. The molecule has 2 heterocycles. The van der Waals surface area contributed by atoms with E-state index in [9.17, 15) is 18.4 Å². The van der Waals surface area contributed by atoms with E-state index in [1.54, 1.807) is 27.2 Å². The highest BCUT2D eigenvalue weighted by Gasteiger charge is 2.17. The molecular formula is C21H19F2N5O2S. The molecule has 1 N–H and O–H groups in total. The number of nitrogens with one attached hydrogen (secondary N) is 1. The maximum atomic E-state index is 13.3. The number of anilines is 1. The van der Waals surface area contributed by atoms with E-state index in [1.807, 2.05) is 13.0 Å². The number of para-hydroxylation sites is 1. The molecule has 0 aliphatic carbocycles. The molecule has 0 aliphatic heterocycles. The number of halogens is 2. The van der Waals surface area contributed by atoms with Crippen molar-refractivity contribution < 1.29 is 13.6 Å². The lowest BCUT2D eigenvalue weighted by Crippen LogP contribution is -2.23. The zero-order chi connectivity index (χ0) is 22.0. The summed E-state index contributed by atoms with van der Waals surface area (Å²) in [6.45, 7) is 2.55. The van der Waals surface area contributed by atoms with Gasteiger partial charge in [0.15, 0.2) is 5.16 Å². The predicted octanol–water partition coefficient (Wildman–Crippen LogP) is 3.85. The Kier molecular flexibility index (Phi) is 5.99. The number of nitrogens with zero attached hydrogens (tertiary/aromatic N) is 4. The number of benzene rings is 2. The number of hydrogen-bond acceptors (Lipinski definition) is 5. The lowest BCUT2D eigenvalue weighted by molar-refractivity contribution is -0.113. The second-order valence-electron chi connectivity index (χ2n) is 6.94. The standard InChI is InChI=1S/C21H19F2N5O2S/c1-2-3-8-27-19(30)16-6-4-5-7-17(16)28-20(27)25-26-21(28)31-12-18(29)24-15-10-13(22)9-14(23)11-15/h4-7,9-11H,2-3,8,12H2,1H3,(H,24,29). The molecule has 0 unspecified atom stereocenters. The summed E-state index contributed by atoms with van der Waals surface area (Å²) in [5.74, 6) is -1.64. The Hall–Kier alpha value is -3.27. The summed E-state index contributed by atoms with van der Waals surface area (Å²) < 4.78 is 30.0. The van der Waals surface area contributed by atoms with E-state index in [-0.39, 0.29) is 17.0 Å². The fraction of sp³-hybridized carbons (Fsp3) is 0.238. The van der Waals surface area contributed by atoms with Crippen molar-refractivity contribution >= 4 is 40.0 Å². The van der Waals surface area contributed by atoms with Crippen molar-refractivity contribution in [1.29, 1.82) is 0 Å². The second-order valence-corrected chi connectivity index (χ2v) is 7.88. The molecule has 31 heavy (non-hydrogen) atoms. The van der Waals surface area contributed by atoms with Crippen LogP contribution in [-0.4, -0.2) is 30.8 Å². The van der Waals surface area contributed by atoms with Crippen LogP contribution in [0.5, 0.6) is 0 Å². The molecule has 0 aliphatic rings. The van der Waals surface area contributed by atoms with Crippen LogP contribution in [0.2, 0.25) is 0 Å². The highest BCUT2D eigenvalue weighted by Crippen LogP contribution is 2.22. The first-order chi connectivity index (χ1) is 15.0. The summed E-state index contributed by atoms with van der Waals surface area (Å²) >= 11 is 1.12. The minimum atomic E-state index is -0.775. The van der Waals surface area contributed by atoms with Crippen molar-refractivity contribution in [2.45, 2.75) is 31.5 Å². The molecule has 0 bridgehead atoms. The van der Waals surface area contributed by atoms with E-state index in [0.717, 1.165) is 42.8 Å². The maximum absolute atomic E-state index is 13.3. The summed E-state index contributed by atoms with van der Waals surface area (Å²) in [5.41, 5.74) is 0.551. The Morgan fingerprint density at radius 2 is 1.87 bits per heavy atom. The predicted molar refractivity (Wildman–Crippen MR) is 115 cm³/mol. The van der Waals surface area contributed by atoms with E-state index >= 15 is 0 Å². The molecule has 0 saturated carbocycles. The molecule has 1 amide bonds. The van der Waals surface area contributed by atoms with Crippen molar-refractivity contribution in [3.05, 3.63) is 64.5 Å². The Labute approximate surface area is 180 Å². The average molecular weight is 443 g/mol. The SMILES string of the molecule is CCCCn1c(=O)c2ccccc2n2c(SCC(=O)Nc3cc(F)cc(F)c3)nnc12. The number of aromatic nitrogens is 4. The number of unbranched alkanes of at least 4 members (excludes halogenated alkanes) is 1. The van der Waals surface area contributed by atoms with Crippen LogP contribution >= 0.6 is 11.8 Å². The van der Waals surface area contributed by atoms with E-state index in [2.05, 4.69) is 15.5 Å². The van der Waals surface area contributed by atoms with Crippen molar-refractivity contribution in [1.82, 2.24) is 19.2 Å². The monoisotopic (exact) mass is 443 g/mol. The van der Waals surface area contributed by atoms with Crippen LogP contribution in [0.25, 0.3) is 16.7 Å². The number of thioether (sulfide) groups is 1. The minimum absolute atomic E-state index is 0.0352.